The Bertz CT molecular complexity index is 1290. The fourth-order valence-electron chi connectivity index (χ4n) is 4.74. The minimum absolute atomic E-state index is 0.193. The molecular formula is C26H34N6O4S2. The molecule has 0 spiro atoms. The van der Waals surface area contributed by atoms with Crippen LogP contribution in [-0.4, -0.2) is 90.3 Å². The number of piperazine rings is 1. The van der Waals surface area contributed by atoms with Crippen LogP contribution in [0.1, 0.15) is 49.5 Å². The normalized spacial score (nSPS) is 19.1. The number of amides is 2. The predicted octanol–water partition coefficient (Wildman–Crippen LogP) is 2.57. The number of nitrogens with one attached hydrogen (secondary N) is 1. The van der Waals surface area contributed by atoms with E-state index < -0.39 is 9.84 Å². The van der Waals surface area contributed by atoms with Crippen LogP contribution >= 0.6 is 11.3 Å². The van der Waals surface area contributed by atoms with Crippen molar-refractivity contribution in [2.45, 2.75) is 55.7 Å². The van der Waals surface area contributed by atoms with Crippen LogP contribution < -0.4 is 5.32 Å². The highest BCUT2D eigenvalue weighted by atomic mass is 32.2. The van der Waals surface area contributed by atoms with E-state index in [1.54, 1.807) is 30.5 Å². The van der Waals surface area contributed by atoms with E-state index in [2.05, 4.69) is 20.3 Å². The average molecular weight is 559 g/mol. The summed E-state index contributed by atoms with van der Waals surface area (Å²) in [5, 5.41) is 9.63. The van der Waals surface area contributed by atoms with Gasteiger partial charge >= 0.3 is 0 Å². The molecular weight excluding hydrogens is 524 g/mol. The first-order chi connectivity index (χ1) is 18.3. The van der Waals surface area contributed by atoms with Crippen molar-refractivity contribution in [2.24, 2.45) is 5.10 Å². The van der Waals surface area contributed by atoms with Gasteiger partial charge in [0.2, 0.25) is 5.91 Å². The molecule has 0 unspecified atom stereocenters. The number of carbonyl (C=O) groups excluding carboxylic acids is 2. The molecule has 2 aromatic rings. The summed E-state index contributed by atoms with van der Waals surface area (Å²) < 4.78 is 25.2. The number of hydrogen-bond donors (Lipinski definition) is 1. The summed E-state index contributed by atoms with van der Waals surface area (Å²) >= 11 is 1.42. The maximum atomic E-state index is 13.4. The molecule has 0 radical (unpaired) electrons. The minimum Gasteiger partial charge on any atom is -0.340 e. The molecule has 38 heavy (non-hydrogen) atoms. The molecule has 3 aliphatic rings. The topological polar surface area (TPSA) is 115 Å². The predicted molar refractivity (Wildman–Crippen MR) is 147 cm³/mol. The van der Waals surface area contributed by atoms with Gasteiger partial charge in [-0.15, -0.1) is 11.3 Å². The van der Waals surface area contributed by atoms with Gasteiger partial charge in [0.1, 0.15) is 0 Å². The molecule has 2 amide bonds. The Morgan fingerprint density at radius 3 is 2.37 bits per heavy atom. The number of aromatic nitrogens is 1. The quantitative estimate of drug-likeness (QED) is 0.471. The number of thiazole rings is 1. The second-order valence-corrected chi connectivity index (χ2v) is 13.3. The highest BCUT2D eigenvalue weighted by molar-refractivity contribution is 7.92. The van der Waals surface area contributed by atoms with Crippen LogP contribution in [-0.2, 0) is 26.0 Å². The van der Waals surface area contributed by atoms with E-state index in [4.69, 9.17) is 0 Å². The number of sulfone groups is 1. The number of benzene rings is 1. The van der Waals surface area contributed by atoms with E-state index in [1.165, 1.54) is 11.3 Å². The Morgan fingerprint density at radius 1 is 1.05 bits per heavy atom. The first-order valence-corrected chi connectivity index (χ1v) is 15.6. The van der Waals surface area contributed by atoms with Gasteiger partial charge in [0.25, 0.3) is 5.91 Å². The zero-order chi connectivity index (χ0) is 26.7. The Labute approximate surface area is 227 Å². The third-order valence-electron chi connectivity index (χ3n) is 7.14. The van der Waals surface area contributed by atoms with Gasteiger partial charge < -0.3 is 4.90 Å². The summed E-state index contributed by atoms with van der Waals surface area (Å²) in [4.78, 5) is 35.2. The maximum absolute atomic E-state index is 13.4. The molecule has 0 bridgehead atoms. The van der Waals surface area contributed by atoms with Crippen molar-refractivity contribution in [1.82, 2.24) is 19.8 Å². The van der Waals surface area contributed by atoms with Crippen LogP contribution in [0.4, 0.5) is 5.13 Å². The summed E-state index contributed by atoms with van der Waals surface area (Å²) in [7, 11) is -3.30. The van der Waals surface area contributed by atoms with Crippen LogP contribution in [0.5, 0.6) is 0 Å². The van der Waals surface area contributed by atoms with Crippen LogP contribution in [0.2, 0.25) is 0 Å². The summed E-state index contributed by atoms with van der Waals surface area (Å²) in [6.07, 6.45) is 5.77. The van der Waals surface area contributed by atoms with Crippen molar-refractivity contribution >= 4 is 43.8 Å². The number of hydrogen-bond acceptors (Lipinski definition) is 9. The lowest BCUT2D eigenvalue weighted by Crippen LogP contribution is -2.48. The second kappa shape index (κ2) is 11.5. The number of nitrogens with zero attached hydrogens (tertiary/aromatic N) is 5. The van der Waals surface area contributed by atoms with Crippen molar-refractivity contribution in [2.75, 3.05) is 44.6 Å². The monoisotopic (exact) mass is 558 g/mol. The smallest absolute Gasteiger partial charge is 0.278 e. The Hall–Kier alpha value is -2.83. The van der Waals surface area contributed by atoms with Gasteiger partial charge in [0.15, 0.2) is 20.7 Å². The highest BCUT2D eigenvalue weighted by Gasteiger charge is 2.37. The minimum atomic E-state index is -3.30. The SMILES string of the molecule is CCC(=O)N1CCN(Cc2cnc(NC(=O)C(=NN3CCCC3)c3ccc(S(=O)(=O)C4CC4)cc3)s2)CC1. The van der Waals surface area contributed by atoms with E-state index in [-0.39, 0.29) is 27.7 Å². The standard InChI is InChI=1S/C26H34N6O4S2/c1-2-23(33)31-15-13-30(14-16-31)18-20-17-27-26(37-20)28-25(34)24(29-32-11-3-4-12-32)19-5-7-21(8-6-19)38(35,36)22-9-10-22/h5-8,17,22H,2-4,9-16,18H2,1H3,(H,27,28,34). The molecule has 3 fully saturated rings. The largest absolute Gasteiger partial charge is 0.340 e. The number of rotatable bonds is 9. The van der Waals surface area contributed by atoms with Crippen LogP contribution in [0.15, 0.2) is 40.5 Å². The van der Waals surface area contributed by atoms with Crippen molar-refractivity contribution < 1.29 is 18.0 Å². The number of carbonyl (C=O) groups is 2. The summed E-state index contributed by atoms with van der Waals surface area (Å²) in [6.45, 7) is 7.24. The van der Waals surface area contributed by atoms with E-state index in [0.717, 1.165) is 57.0 Å². The van der Waals surface area contributed by atoms with Crippen LogP contribution in [0, 0.1) is 0 Å². The van der Waals surface area contributed by atoms with Gasteiger partial charge in [-0.25, -0.2) is 13.4 Å². The molecule has 204 valence electrons. The second-order valence-electron chi connectivity index (χ2n) is 9.97. The zero-order valence-electron chi connectivity index (χ0n) is 21.6. The van der Waals surface area contributed by atoms with Gasteiger partial charge in [0.05, 0.1) is 10.1 Å². The lowest BCUT2D eigenvalue weighted by Gasteiger charge is -2.34. The Morgan fingerprint density at radius 2 is 1.74 bits per heavy atom. The van der Waals surface area contributed by atoms with Crippen molar-refractivity contribution in [3.8, 4) is 0 Å². The molecule has 2 saturated heterocycles. The van der Waals surface area contributed by atoms with Gasteiger partial charge in [-0.2, -0.15) is 5.10 Å². The zero-order valence-corrected chi connectivity index (χ0v) is 23.3. The van der Waals surface area contributed by atoms with E-state index in [1.807, 2.05) is 16.8 Å². The molecule has 1 aliphatic carbocycles. The summed E-state index contributed by atoms with van der Waals surface area (Å²) in [6, 6.07) is 6.48. The third kappa shape index (κ3) is 6.24. The van der Waals surface area contributed by atoms with Crippen molar-refractivity contribution in [1.29, 1.82) is 0 Å². The Balaban J connectivity index is 1.25. The van der Waals surface area contributed by atoms with Gasteiger partial charge in [-0.05, 0) is 37.8 Å². The molecule has 1 aromatic heterocycles. The average Bonchev–Trinajstić information content (AvgIpc) is 3.51. The lowest BCUT2D eigenvalue weighted by atomic mass is 10.1. The molecule has 2 aliphatic heterocycles. The molecule has 12 heteroatoms. The molecule has 3 heterocycles. The third-order valence-corrected chi connectivity index (χ3v) is 10.3. The lowest BCUT2D eigenvalue weighted by molar-refractivity contribution is -0.132. The molecule has 10 nitrogen and oxygen atoms in total. The first-order valence-electron chi connectivity index (χ1n) is 13.3. The summed E-state index contributed by atoms with van der Waals surface area (Å²) in [5.74, 6) is -0.180. The highest BCUT2D eigenvalue weighted by Crippen LogP contribution is 2.33. The maximum Gasteiger partial charge on any atom is 0.278 e. The van der Waals surface area contributed by atoms with Gasteiger partial charge in [-0.1, -0.05) is 19.1 Å². The van der Waals surface area contributed by atoms with Crippen molar-refractivity contribution in [3.05, 3.63) is 40.9 Å². The summed E-state index contributed by atoms with van der Waals surface area (Å²) in [5.41, 5.74) is 0.816. The number of anilines is 1. The number of hydrazone groups is 1. The van der Waals surface area contributed by atoms with Gasteiger partial charge in [-0.3, -0.25) is 24.8 Å². The van der Waals surface area contributed by atoms with Crippen molar-refractivity contribution in [3.63, 3.8) is 0 Å². The van der Waals surface area contributed by atoms with E-state index in [9.17, 15) is 18.0 Å². The molecule has 0 atom stereocenters. The van der Waals surface area contributed by atoms with E-state index >= 15 is 0 Å². The fraction of sp³-hybridized carbons (Fsp3) is 0.538. The fourth-order valence-corrected chi connectivity index (χ4v) is 7.25. The molecule has 5 rings (SSSR count). The molecule has 1 N–H and O–H groups in total. The Kier molecular flexibility index (Phi) is 8.10. The van der Waals surface area contributed by atoms with E-state index in [0.29, 0.717) is 36.5 Å². The first kappa shape index (κ1) is 26.8. The van der Waals surface area contributed by atoms with Crippen LogP contribution in [0.3, 0.4) is 0 Å². The van der Waals surface area contributed by atoms with Gasteiger partial charge in [0, 0.05) is 68.9 Å². The molecule has 1 saturated carbocycles. The van der Waals surface area contributed by atoms with Crippen LogP contribution in [0.25, 0.3) is 0 Å². The molecule has 1 aromatic carbocycles.